The third-order valence-corrected chi connectivity index (χ3v) is 3.62. The summed E-state index contributed by atoms with van der Waals surface area (Å²) in [7, 11) is 0. The highest BCUT2D eigenvalue weighted by atomic mass is 35.5. The van der Waals surface area contributed by atoms with Gasteiger partial charge < -0.3 is 9.68 Å². The third-order valence-electron chi connectivity index (χ3n) is 3.39. The molecule has 0 aromatic heterocycles. The summed E-state index contributed by atoms with van der Waals surface area (Å²) in [5, 5.41) is 7.95. The molecule has 3 rings (SSSR count). The van der Waals surface area contributed by atoms with Crippen molar-refractivity contribution in [3.63, 3.8) is 0 Å². The topological polar surface area (TPSA) is 77.3 Å². The van der Waals surface area contributed by atoms with E-state index in [0.717, 1.165) is 0 Å². The molecular weight excluding hydrogens is 368 g/mol. The maximum atomic E-state index is 11.9. The molecule has 0 aliphatic heterocycles. The monoisotopic (exact) mass is 380 g/mol. The summed E-state index contributed by atoms with van der Waals surface area (Å²) in [5.41, 5.74) is 1.52. The fraction of sp³-hybridized carbons (Fsp3) is 0. The van der Waals surface area contributed by atoms with Crippen molar-refractivity contribution >= 4 is 35.0 Å². The maximum Gasteiger partial charge on any atom is 0.365 e. The Morgan fingerprint density at radius 3 is 1.78 bits per heavy atom. The smallest absolute Gasteiger partial charge is 0.312 e. The second-order valence-electron chi connectivity index (χ2n) is 5.33. The number of carbonyl (C=O) groups excluding carboxylic acids is 2. The molecule has 0 fully saturated rings. The van der Waals surface area contributed by atoms with Gasteiger partial charge in [0.05, 0.1) is 11.1 Å². The van der Waals surface area contributed by atoms with Crippen LogP contribution in [-0.2, 0) is 9.68 Å². The van der Waals surface area contributed by atoms with Crippen LogP contribution in [0.4, 0.5) is 0 Å². The van der Waals surface area contributed by atoms with Gasteiger partial charge in [0.25, 0.3) is 0 Å². The van der Waals surface area contributed by atoms with E-state index >= 15 is 0 Å². The molecule has 0 saturated heterocycles. The predicted octanol–water partition coefficient (Wildman–Crippen LogP) is 4.19. The zero-order chi connectivity index (χ0) is 19.1. The molecule has 0 N–H and O–H groups in total. The molecule has 0 atom stereocenters. The van der Waals surface area contributed by atoms with Gasteiger partial charge in [-0.15, -0.1) is 0 Å². The van der Waals surface area contributed by atoms with Crippen molar-refractivity contribution in [1.82, 2.24) is 0 Å². The molecule has 0 saturated carbocycles. The second kappa shape index (κ2) is 8.73. The molecule has 27 heavy (non-hydrogen) atoms. The van der Waals surface area contributed by atoms with Crippen molar-refractivity contribution in [3.05, 3.63) is 95.1 Å². The van der Waals surface area contributed by atoms with Gasteiger partial charge in [0.15, 0.2) is 0 Å². The summed E-state index contributed by atoms with van der Waals surface area (Å²) in [4.78, 5) is 33.5. The van der Waals surface area contributed by atoms with Crippen LogP contribution < -0.4 is 0 Å². The zero-order valence-electron chi connectivity index (χ0n) is 13.9. The Balaban J connectivity index is 1.56. The van der Waals surface area contributed by atoms with Crippen molar-refractivity contribution < 1.29 is 19.3 Å². The SMILES string of the molecule is O=C(ON=C1C=CC(=NOC(=O)c2cccc(Cl)c2)C=C1)c1ccccc1. The number of allylic oxidation sites excluding steroid dienone is 4. The number of hydrogen-bond acceptors (Lipinski definition) is 6. The van der Waals surface area contributed by atoms with E-state index in [1.165, 1.54) is 6.07 Å². The van der Waals surface area contributed by atoms with Crippen LogP contribution in [0, 0.1) is 0 Å². The molecular formula is C20H13ClN2O4. The fourth-order valence-corrected chi connectivity index (χ4v) is 2.25. The molecule has 7 heteroatoms. The lowest BCUT2D eigenvalue weighted by atomic mass is 10.1. The van der Waals surface area contributed by atoms with Gasteiger partial charge in [0.2, 0.25) is 0 Å². The largest absolute Gasteiger partial charge is 0.365 e. The molecule has 0 radical (unpaired) electrons. The average molecular weight is 381 g/mol. The van der Waals surface area contributed by atoms with E-state index in [2.05, 4.69) is 10.3 Å². The first-order chi connectivity index (χ1) is 13.1. The summed E-state index contributed by atoms with van der Waals surface area (Å²) in [6.07, 6.45) is 6.29. The lowest BCUT2D eigenvalue weighted by Gasteiger charge is -2.03. The molecule has 2 aromatic carbocycles. The standard InChI is InChI=1S/C20H13ClN2O4/c21-16-8-4-7-15(13-16)20(25)27-23-18-11-9-17(10-12-18)22-26-19(24)14-5-2-1-3-6-14/h1-13H. The lowest BCUT2D eigenvalue weighted by Crippen LogP contribution is -2.06. The Morgan fingerprint density at radius 2 is 1.22 bits per heavy atom. The van der Waals surface area contributed by atoms with Gasteiger partial charge in [-0.25, -0.2) is 9.59 Å². The number of oxime groups is 2. The van der Waals surface area contributed by atoms with Gasteiger partial charge in [-0.3, -0.25) is 0 Å². The quantitative estimate of drug-likeness (QED) is 0.452. The predicted molar refractivity (Wildman–Crippen MR) is 102 cm³/mol. The first-order valence-corrected chi connectivity index (χ1v) is 8.25. The van der Waals surface area contributed by atoms with Crippen LogP contribution in [0.1, 0.15) is 20.7 Å². The maximum absolute atomic E-state index is 11.9. The number of halogens is 1. The number of carbonyl (C=O) groups is 2. The molecule has 0 unspecified atom stereocenters. The fourth-order valence-electron chi connectivity index (χ4n) is 2.06. The molecule has 0 spiro atoms. The summed E-state index contributed by atoms with van der Waals surface area (Å²) in [6, 6.07) is 14.9. The van der Waals surface area contributed by atoms with Gasteiger partial charge in [0.1, 0.15) is 11.4 Å². The van der Waals surface area contributed by atoms with Gasteiger partial charge >= 0.3 is 11.9 Å². The number of benzene rings is 2. The van der Waals surface area contributed by atoms with E-state index in [1.807, 2.05) is 0 Å². The average Bonchev–Trinajstić information content (AvgIpc) is 2.71. The molecule has 0 amide bonds. The summed E-state index contributed by atoms with van der Waals surface area (Å²) >= 11 is 5.83. The van der Waals surface area contributed by atoms with Crippen molar-refractivity contribution in [2.45, 2.75) is 0 Å². The Hall–Kier alpha value is -3.51. The van der Waals surface area contributed by atoms with E-state index in [4.69, 9.17) is 21.3 Å². The van der Waals surface area contributed by atoms with E-state index in [9.17, 15) is 9.59 Å². The Labute approximate surface area is 160 Å². The van der Waals surface area contributed by atoms with Gasteiger partial charge in [-0.1, -0.05) is 46.2 Å². The molecule has 2 aromatic rings. The molecule has 1 aliphatic carbocycles. The van der Waals surface area contributed by atoms with E-state index < -0.39 is 11.9 Å². The van der Waals surface area contributed by atoms with Crippen molar-refractivity contribution in [1.29, 1.82) is 0 Å². The van der Waals surface area contributed by atoms with Crippen LogP contribution in [0.2, 0.25) is 5.02 Å². The zero-order valence-corrected chi connectivity index (χ0v) is 14.7. The normalized spacial score (nSPS) is 12.5. The van der Waals surface area contributed by atoms with E-state index in [0.29, 0.717) is 27.6 Å². The summed E-state index contributed by atoms with van der Waals surface area (Å²) in [6.45, 7) is 0. The van der Waals surface area contributed by atoms with E-state index in [1.54, 1.807) is 72.8 Å². The second-order valence-corrected chi connectivity index (χ2v) is 5.77. The first-order valence-electron chi connectivity index (χ1n) is 7.87. The lowest BCUT2D eigenvalue weighted by molar-refractivity contribution is 0.0508. The molecule has 1 aliphatic rings. The molecule has 6 nitrogen and oxygen atoms in total. The minimum Gasteiger partial charge on any atom is -0.312 e. The third kappa shape index (κ3) is 5.23. The Bertz CT molecular complexity index is 960. The minimum absolute atomic E-state index is 0.297. The number of nitrogens with zero attached hydrogens (tertiary/aromatic N) is 2. The van der Waals surface area contributed by atoms with Gasteiger partial charge in [-0.05, 0) is 54.6 Å². The van der Waals surface area contributed by atoms with Crippen LogP contribution in [0.5, 0.6) is 0 Å². The number of rotatable bonds is 4. The van der Waals surface area contributed by atoms with Crippen molar-refractivity contribution in [2.75, 3.05) is 0 Å². The summed E-state index contributed by atoms with van der Waals surface area (Å²) in [5.74, 6) is -1.18. The van der Waals surface area contributed by atoms with Gasteiger partial charge in [0, 0.05) is 5.02 Å². The highest BCUT2D eigenvalue weighted by Gasteiger charge is 2.09. The summed E-state index contributed by atoms with van der Waals surface area (Å²) < 4.78 is 0. The van der Waals surface area contributed by atoms with Crippen molar-refractivity contribution in [3.8, 4) is 0 Å². The van der Waals surface area contributed by atoms with Crippen LogP contribution in [0.25, 0.3) is 0 Å². The minimum atomic E-state index is -0.622. The van der Waals surface area contributed by atoms with E-state index in [-0.39, 0.29) is 0 Å². The van der Waals surface area contributed by atoms with Crippen LogP contribution in [0.3, 0.4) is 0 Å². The highest BCUT2D eigenvalue weighted by Crippen LogP contribution is 2.12. The Kier molecular flexibility index (Phi) is 5.91. The van der Waals surface area contributed by atoms with Crippen LogP contribution in [-0.4, -0.2) is 23.4 Å². The first kappa shape index (κ1) is 18.3. The Morgan fingerprint density at radius 1 is 0.704 bits per heavy atom. The van der Waals surface area contributed by atoms with Crippen molar-refractivity contribution in [2.24, 2.45) is 10.3 Å². The highest BCUT2D eigenvalue weighted by molar-refractivity contribution is 6.30. The van der Waals surface area contributed by atoms with Gasteiger partial charge in [-0.2, -0.15) is 0 Å². The number of hydrogen-bond donors (Lipinski definition) is 0. The molecule has 0 bridgehead atoms. The molecule has 134 valence electrons. The van der Waals surface area contributed by atoms with Crippen LogP contribution >= 0.6 is 11.6 Å². The molecule has 0 heterocycles. The van der Waals surface area contributed by atoms with Crippen LogP contribution in [0.15, 0.2) is 89.2 Å².